The van der Waals surface area contributed by atoms with Crippen LogP contribution in [0.25, 0.3) is 0 Å². The lowest BCUT2D eigenvalue weighted by Gasteiger charge is -2.16. The summed E-state index contributed by atoms with van der Waals surface area (Å²) in [5.74, 6) is 0.653. The number of pyridine rings is 1. The third kappa shape index (κ3) is 2.14. The second kappa shape index (κ2) is 4.57. The summed E-state index contributed by atoms with van der Waals surface area (Å²) in [7, 11) is 0. The van der Waals surface area contributed by atoms with Crippen LogP contribution in [0.1, 0.15) is 6.42 Å². The molecule has 1 saturated heterocycles. The highest BCUT2D eigenvalue weighted by Gasteiger charge is 2.31. The zero-order valence-electron chi connectivity index (χ0n) is 8.49. The highest BCUT2D eigenvalue weighted by molar-refractivity contribution is 6.36. The number of anilines is 1. The summed E-state index contributed by atoms with van der Waals surface area (Å²) in [6.45, 7) is 1.07. The first kappa shape index (κ1) is 11.6. The standard InChI is InChI=1S/C10H11Cl2N3O/c11-7-2-8(12)10(14-4-7)15-5-6(3-13)1-9(15)16/h2,4,6H,1,3,5,13H2. The zero-order chi connectivity index (χ0) is 11.7. The van der Waals surface area contributed by atoms with Crippen molar-refractivity contribution in [1.82, 2.24) is 4.98 Å². The van der Waals surface area contributed by atoms with E-state index in [2.05, 4.69) is 4.98 Å². The Labute approximate surface area is 103 Å². The van der Waals surface area contributed by atoms with E-state index < -0.39 is 0 Å². The largest absolute Gasteiger partial charge is 0.330 e. The quantitative estimate of drug-likeness (QED) is 0.880. The number of nitrogens with zero attached hydrogens (tertiary/aromatic N) is 2. The summed E-state index contributed by atoms with van der Waals surface area (Å²) < 4.78 is 0. The molecule has 16 heavy (non-hydrogen) atoms. The Balaban J connectivity index is 2.28. The minimum absolute atomic E-state index is 0.00664. The molecule has 1 aliphatic rings. The molecule has 1 aromatic rings. The molecule has 0 aromatic carbocycles. The molecular weight excluding hydrogens is 249 g/mol. The number of hydrogen-bond donors (Lipinski definition) is 1. The predicted octanol–water partition coefficient (Wildman–Crippen LogP) is 1.70. The van der Waals surface area contributed by atoms with Crippen molar-refractivity contribution < 1.29 is 4.79 Å². The van der Waals surface area contributed by atoms with Gasteiger partial charge >= 0.3 is 0 Å². The smallest absolute Gasteiger partial charge is 0.228 e. The average molecular weight is 260 g/mol. The molecule has 1 unspecified atom stereocenters. The summed E-state index contributed by atoms with van der Waals surface area (Å²) in [6.07, 6.45) is 1.93. The van der Waals surface area contributed by atoms with Gasteiger partial charge in [-0.1, -0.05) is 23.2 Å². The lowest BCUT2D eigenvalue weighted by Crippen LogP contribution is -2.26. The Hall–Kier alpha value is -0.840. The van der Waals surface area contributed by atoms with Crippen molar-refractivity contribution in [2.24, 2.45) is 11.7 Å². The lowest BCUT2D eigenvalue weighted by atomic mass is 10.1. The SMILES string of the molecule is NCC1CC(=O)N(c2ncc(Cl)cc2Cl)C1. The Morgan fingerprint density at radius 1 is 1.56 bits per heavy atom. The van der Waals surface area contributed by atoms with Crippen molar-refractivity contribution in [2.45, 2.75) is 6.42 Å². The van der Waals surface area contributed by atoms with Gasteiger partial charge in [-0.3, -0.25) is 9.69 Å². The minimum atomic E-state index is 0.00664. The van der Waals surface area contributed by atoms with E-state index in [0.717, 1.165) is 0 Å². The fourth-order valence-corrected chi connectivity index (χ4v) is 2.23. The lowest BCUT2D eigenvalue weighted by molar-refractivity contribution is -0.117. The van der Waals surface area contributed by atoms with Crippen LogP contribution in [0, 0.1) is 5.92 Å². The maximum absolute atomic E-state index is 11.7. The van der Waals surface area contributed by atoms with Crippen molar-refractivity contribution in [3.8, 4) is 0 Å². The van der Waals surface area contributed by atoms with Crippen molar-refractivity contribution in [2.75, 3.05) is 18.0 Å². The molecule has 86 valence electrons. The van der Waals surface area contributed by atoms with Crippen LogP contribution in [-0.2, 0) is 4.79 Å². The van der Waals surface area contributed by atoms with E-state index in [4.69, 9.17) is 28.9 Å². The van der Waals surface area contributed by atoms with Gasteiger partial charge in [-0.15, -0.1) is 0 Å². The fraction of sp³-hybridized carbons (Fsp3) is 0.400. The normalized spacial score (nSPS) is 20.6. The number of hydrogen-bond acceptors (Lipinski definition) is 3. The highest BCUT2D eigenvalue weighted by Crippen LogP contribution is 2.30. The van der Waals surface area contributed by atoms with Gasteiger partial charge in [-0.25, -0.2) is 4.98 Å². The van der Waals surface area contributed by atoms with Gasteiger partial charge in [0, 0.05) is 19.2 Å². The number of halogens is 2. The van der Waals surface area contributed by atoms with E-state index in [1.54, 1.807) is 11.0 Å². The van der Waals surface area contributed by atoms with Gasteiger partial charge in [-0.2, -0.15) is 0 Å². The van der Waals surface area contributed by atoms with Crippen LogP contribution in [0.4, 0.5) is 5.82 Å². The Morgan fingerprint density at radius 2 is 2.31 bits per heavy atom. The zero-order valence-corrected chi connectivity index (χ0v) is 10.0. The Morgan fingerprint density at radius 3 is 2.88 bits per heavy atom. The van der Waals surface area contributed by atoms with Gasteiger partial charge in [0.25, 0.3) is 0 Å². The van der Waals surface area contributed by atoms with E-state index >= 15 is 0 Å². The summed E-state index contributed by atoms with van der Waals surface area (Å²) >= 11 is 11.7. The fourth-order valence-electron chi connectivity index (χ4n) is 1.75. The van der Waals surface area contributed by atoms with Crippen molar-refractivity contribution in [1.29, 1.82) is 0 Å². The molecular formula is C10H11Cl2N3O. The molecule has 2 rings (SSSR count). The maximum Gasteiger partial charge on any atom is 0.228 e. The van der Waals surface area contributed by atoms with Gasteiger partial charge in [-0.05, 0) is 18.5 Å². The van der Waals surface area contributed by atoms with E-state index in [0.29, 0.717) is 35.4 Å². The molecule has 1 atom stereocenters. The summed E-state index contributed by atoms with van der Waals surface area (Å²) in [6, 6.07) is 1.58. The number of rotatable bonds is 2. The molecule has 0 aliphatic carbocycles. The summed E-state index contributed by atoms with van der Waals surface area (Å²) in [4.78, 5) is 17.4. The van der Waals surface area contributed by atoms with E-state index in [1.165, 1.54) is 6.20 Å². The number of carbonyl (C=O) groups is 1. The molecule has 0 saturated carbocycles. The van der Waals surface area contributed by atoms with E-state index in [-0.39, 0.29) is 11.8 Å². The van der Waals surface area contributed by atoms with Gasteiger partial charge < -0.3 is 5.73 Å². The van der Waals surface area contributed by atoms with Gasteiger partial charge in [0.15, 0.2) is 5.82 Å². The first-order valence-electron chi connectivity index (χ1n) is 4.93. The Bertz CT molecular complexity index is 425. The predicted molar refractivity (Wildman–Crippen MR) is 63.8 cm³/mol. The monoisotopic (exact) mass is 259 g/mol. The van der Waals surface area contributed by atoms with Crippen LogP contribution in [0.2, 0.25) is 10.0 Å². The minimum Gasteiger partial charge on any atom is -0.330 e. The second-order valence-corrected chi connectivity index (χ2v) is 4.61. The van der Waals surface area contributed by atoms with Crippen LogP contribution in [0.5, 0.6) is 0 Å². The first-order valence-corrected chi connectivity index (χ1v) is 5.69. The maximum atomic E-state index is 11.7. The van der Waals surface area contributed by atoms with Gasteiger partial charge in [0.05, 0.1) is 10.0 Å². The number of aromatic nitrogens is 1. The third-order valence-corrected chi connectivity index (χ3v) is 3.07. The van der Waals surface area contributed by atoms with Crippen LogP contribution in [-0.4, -0.2) is 24.0 Å². The second-order valence-electron chi connectivity index (χ2n) is 3.77. The summed E-state index contributed by atoms with van der Waals surface area (Å²) in [5.41, 5.74) is 5.55. The van der Waals surface area contributed by atoms with Crippen molar-refractivity contribution in [3.05, 3.63) is 22.3 Å². The average Bonchev–Trinajstić information content (AvgIpc) is 2.60. The molecule has 1 aromatic heterocycles. The molecule has 1 fully saturated rings. The topological polar surface area (TPSA) is 59.2 Å². The van der Waals surface area contributed by atoms with Crippen LogP contribution >= 0.6 is 23.2 Å². The molecule has 1 aliphatic heterocycles. The van der Waals surface area contributed by atoms with E-state index in [9.17, 15) is 4.79 Å². The number of carbonyl (C=O) groups excluding carboxylic acids is 1. The van der Waals surface area contributed by atoms with Crippen LogP contribution in [0.3, 0.4) is 0 Å². The molecule has 0 radical (unpaired) electrons. The van der Waals surface area contributed by atoms with Crippen molar-refractivity contribution in [3.63, 3.8) is 0 Å². The van der Waals surface area contributed by atoms with Gasteiger partial charge in [0.1, 0.15) is 0 Å². The molecule has 2 heterocycles. The molecule has 0 spiro atoms. The molecule has 2 N–H and O–H groups in total. The van der Waals surface area contributed by atoms with Gasteiger partial charge in [0.2, 0.25) is 5.91 Å². The highest BCUT2D eigenvalue weighted by atomic mass is 35.5. The molecule has 1 amide bonds. The molecule has 0 bridgehead atoms. The van der Waals surface area contributed by atoms with Crippen LogP contribution in [0.15, 0.2) is 12.3 Å². The molecule has 4 nitrogen and oxygen atoms in total. The summed E-state index contributed by atoms with van der Waals surface area (Å²) in [5, 5.41) is 0.842. The first-order chi connectivity index (χ1) is 7.61. The Kier molecular flexibility index (Phi) is 3.33. The number of nitrogens with two attached hydrogens (primary N) is 1. The number of amides is 1. The van der Waals surface area contributed by atoms with Crippen LogP contribution < -0.4 is 10.6 Å². The third-order valence-electron chi connectivity index (χ3n) is 2.58. The molecule has 6 heteroatoms. The van der Waals surface area contributed by atoms with Crippen molar-refractivity contribution >= 4 is 34.9 Å². The van der Waals surface area contributed by atoms with E-state index in [1.807, 2.05) is 0 Å².